The Kier molecular flexibility index (Phi) is 3.22. The molecule has 1 aliphatic rings. The average Bonchev–Trinajstić information content (AvgIpc) is 2.44. The van der Waals surface area contributed by atoms with Crippen LogP contribution in [0.4, 0.5) is 11.4 Å². The van der Waals surface area contributed by atoms with Crippen molar-refractivity contribution in [3.8, 4) is 0 Å². The summed E-state index contributed by atoms with van der Waals surface area (Å²) in [5.74, 6) is -0.142. The Morgan fingerprint density at radius 2 is 1.89 bits per heavy atom. The predicted molar refractivity (Wildman–Crippen MR) is 78.2 cm³/mol. The Bertz CT molecular complexity index is 660. The smallest absolute Gasteiger partial charge is 0.245 e. The van der Waals surface area contributed by atoms with Crippen LogP contribution in [0.3, 0.4) is 0 Å². The van der Waals surface area contributed by atoms with Crippen LogP contribution in [-0.2, 0) is 4.79 Å². The molecule has 0 bridgehead atoms. The quantitative estimate of drug-likeness (QED) is 0.875. The molecule has 5 heteroatoms. The van der Waals surface area contributed by atoms with Crippen LogP contribution >= 0.6 is 23.4 Å². The molecule has 0 unspecified atom stereocenters. The summed E-state index contributed by atoms with van der Waals surface area (Å²) in [5.41, 5.74) is 7.18. The summed E-state index contributed by atoms with van der Waals surface area (Å²) in [6.45, 7) is -0.0368. The lowest BCUT2D eigenvalue weighted by Gasteiger charge is -2.30. The Balaban J connectivity index is 2.22. The van der Waals surface area contributed by atoms with Crippen molar-refractivity contribution in [2.24, 2.45) is 5.73 Å². The number of nitrogens with zero attached hydrogens (tertiary/aromatic N) is 1. The molecule has 2 aromatic rings. The number of rotatable bonds is 1. The van der Waals surface area contributed by atoms with E-state index >= 15 is 0 Å². The van der Waals surface area contributed by atoms with E-state index in [1.807, 2.05) is 36.4 Å². The van der Waals surface area contributed by atoms with E-state index in [0.717, 1.165) is 21.2 Å². The highest BCUT2D eigenvalue weighted by Crippen LogP contribution is 2.48. The highest BCUT2D eigenvalue weighted by molar-refractivity contribution is 7.99. The van der Waals surface area contributed by atoms with E-state index in [4.69, 9.17) is 17.3 Å². The Labute approximate surface area is 120 Å². The second kappa shape index (κ2) is 4.89. The number of hydrogen-bond donors (Lipinski definition) is 1. The van der Waals surface area contributed by atoms with Gasteiger partial charge in [-0.3, -0.25) is 9.69 Å². The van der Waals surface area contributed by atoms with Gasteiger partial charge in [0.1, 0.15) is 0 Å². The third-order valence-electron chi connectivity index (χ3n) is 2.91. The van der Waals surface area contributed by atoms with E-state index in [9.17, 15) is 4.79 Å². The average molecular weight is 291 g/mol. The predicted octanol–water partition coefficient (Wildman–Crippen LogP) is 3.43. The number of halogens is 1. The molecule has 96 valence electrons. The van der Waals surface area contributed by atoms with Gasteiger partial charge in [0.25, 0.3) is 0 Å². The summed E-state index contributed by atoms with van der Waals surface area (Å²) in [5, 5.41) is 0.605. The van der Waals surface area contributed by atoms with Crippen molar-refractivity contribution in [3.05, 3.63) is 47.5 Å². The van der Waals surface area contributed by atoms with E-state index in [-0.39, 0.29) is 12.5 Å². The number of anilines is 2. The second-order valence-electron chi connectivity index (χ2n) is 4.12. The van der Waals surface area contributed by atoms with Gasteiger partial charge in [-0.05, 0) is 30.3 Å². The SMILES string of the molecule is NCC(=O)N1c2ccccc2Sc2ccc(Cl)cc21. The number of nitrogens with two attached hydrogens (primary N) is 1. The number of fused-ring (bicyclic) bond motifs is 2. The zero-order valence-electron chi connectivity index (χ0n) is 9.97. The first-order chi connectivity index (χ1) is 9.20. The summed E-state index contributed by atoms with van der Waals surface area (Å²) in [7, 11) is 0. The van der Waals surface area contributed by atoms with Crippen molar-refractivity contribution in [1.82, 2.24) is 0 Å². The van der Waals surface area contributed by atoms with Crippen LogP contribution in [0, 0.1) is 0 Å². The van der Waals surface area contributed by atoms with Crippen molar-refractivity contribution >= 4 is 40.6 Å². The first kappa shape index (κ1) is 12.5. The number of hydrogen-bond acceptors (Lipinski definition) is 3. The number of benzene rings is 2. The number of para-hydroxylation sites is 1. The number of carbonyl (C=O) groups is 1. The van der Waals surface area contributed by atoms with Gasteiger partial charge in [-0.15, -0.1) is 0 Å². The molecule has 3 rings (SSSR count). The Morgan fingerprint density at radius 1 is 1.16 bits per heavy atom. The van der Waals surface area contributed by atoms with Gasteiger partial charge in [-0.2, -0.15) is 0 Å². The van der Waals surface area contributed by atoms with Crippen LogP contribution in [-0.4, -0.2) is 12.5 Å². The first-order valence-electron chi connectivity index (χ1n) is 5.80. The maximum atomic E-state index is 12.2. The molecular weight excluding hydrogens is 280 g/mol. The molecular formula is C14H11ClN2OS. The van der Waals surface area contributed by atoms with Crippen molar-refractivity contribution in [3.63, 3.8) is 0 Å². The van der Waals surface area contributed by atoms with Gasteiger partial charge in [0.15, 0.2) is 0 Å². The normalized spacial score (nSPS) is 12.8. The minimum atomic E-state index is -0.142. The zero-order valence-corrected chi connectivity index (χ0v) is 11.5. The van der Waals surface area contributed by atoms with Crippen LogP contribution in [0.1, 0.15) is 0 Å². The highest BCUT2D eigenvalue weighted by atomic mass is 35.5. The lowest BCUT2D eigenvalue weighted by Crippen LogP contribution is -2.33. The molecule has 2 aromatic carbocycles. The maximum Gasteiger partial charge on any atom is 0.245 e. The van der Waals surface area contributed by atoms with E-state index in [0.29, 0.717) is 5.02 Å². The summed E-state index contributed by atoms with van der Waals surface area (Å²) in [6.07, 6.45) is 0. The molecule has 0 spiro atoms. The molecule has 0 aromatic heterocycles. The van der Waals surface area contributed by atoms with Gasteiger partial charge in [0, 0.05) is 14.8 Å². The number of carbonyl (C=O) groups excluding carboxylic acids is 1. The van der Waals surface area contributed by atoms with Gasteiger partial charge in [0.2, 0.25) is 5.91 Å². The van der Waals surface area contributed by atoms with Crippen LogP contribution in [0.2, 0.25) is 5.02 Å². The number of amides is 1. The van der Waals surface area contributed by atoms with Gasteiger partial charge in [0.05, 0.1) is 17.9 Å². The van der Waals surface area contributed by atoms with Crippen LogP contribution in [0.15, 0.2) is 52.3 Å². The van der Waals surface area contributed by atoms with Gasteiger partial charge in [-0.25, -0.2) is 0 Å². The lowest BCUT2D eigenvalue weighted by molar-refractivity contribution is -0.116. The van der Waals surface area contributed by atoms with Crippen molar-refractivity contribution < 1.29 is 4.79 Å². The molecule has 0 radical (unpaired) electrons. The summed E-state index contributed by atoms with van der Waals surface area (Å²) in [6, 6.07) is 13.3. The van der Waals surface area contributed by atoms with E-state index in [1.165, 1.54) is 0 Å². The molecule has 0 saturated heterocycles. The molecule has 19 heavy (non-hydrogen) atoms. The molecule has 1 amide bonds. The van der Waals surface area contributed by atoms with Gasteiger partial charge < -0.3 is 5.73 Å². The summed E-state index contributed by atoms with van der Waals surface area (Å²) < 4.78 is 0. The molecule has 0 fully saturated rings. The van der Waals surface area contributed by atoms with Crippen molar-refractivity contribution in [2.45, 2.75) is 9.79 Å². The fourth-order valence-corrected chi connectivity index (χ4v) is 3.29. The standard InChI is InChI=1S/C14H11ClN2OS/c15-9-5-6-13-11(7-9)17(14(18)8-16)10-3-1-2-4-12(10)19-13/h1-7H,8,16H2. The highest BCUT2D eigenvalue weighted by Gasteiger charge is 2.27. The van der Waals surface area contributed by atoms with Crippen LogP contribution in [0.5, 0.6) is 0 Å². The Morgan fingerprint density at radius 3 is 2.68 bits per heavy atom. The summed E-state index contributed by atoms with van der Waals surface area (Å²) >= 11 is 7.67. The minimum Gasteiger partial charge on any atom is -0.322 e. The van der Waals surface area contributed by atoms with Crippen LogP contribution < -0.4 is 10.6 Å². The molecule has 1 aliphatic heterocycles. The monoisotopic (exact) mass is 290 g/mol. The molecule has 0 aliphatic carbocycles. The second-order valence-corrected chi connectivity index (χ2v) is 5.64. The molecule has 1 heterocycles. The molecule has 0 atom stereocenters. The molecule has 0 saturated carbocycles. The third-order valence-corrected chi connectivity index (χ3v) is 4.28. The van der Waals surface area contributed by atoms with E-state index in [2.05, 4.69) is 0 Å². The van der Waals surface area contributed by atoms with E-state index < -0.39 is 0 Å². The molecule has 2 N–H and O–H groups in total. The minimum absolute atomic E-state index is 0.0368. The molecule has 3 nitrogen and oxygen atoms in total. The first-order valence-corrected chi connectivity index (χ1v) is 6.99. The fraction of sp³-hybridized carbons (Fsp3) is 0.0714. The van der Waals surface area contributed by atoms with Crippen molar-refractivity contribution in [1.29, 1.82) is 0 Å². The van der Waals surface area contributed by atoms with E-state index in [1.54, 1.807) is 22.7 Å². The van der Waals surface area contributed by atoms with Gasteiger partial charge in [-0.1, -0.05) is 35.5 Å². The third kappa shape index (κ3) is 2.12. The van der Waals surface area contributed by atoms with Crippen molar-refractivity contribution in [2.75, 3.05) is 11.4 Å². The van der Waals surface area contributed by atoms with Crippen LogP contribution in [0.25, 0.3) is 0 Å². The summed E-state index contributed by atoms with van der Waals surface area (Å²) in [4.78, 5) is 15.8. The fourth-order valence-electron chi connectivity index (χ4n) is 2.09. The Hall–Kier alpha value is -1.49. The van der Waals surface area contributed by atoms with Gasteiger partial charge >= 0.3 is 0 Å². The topological polar surface area (TPSA) is 46.3 Å². The maximum absolute atomic E-state index is 12.2. The lowest BCUT2D eigenvalue weighted by atomic mass is 10.2. The largest absolute Gasteiger partial charge is 0.322 e. The zero-order chi connectivity index (χ0) is 13.4.